The predicted molar refractivity (Wildman–Crippen MR) is 99.4 cm³/mol. The van der Waals surface area contributed by atoms with E-state index in [1.54, 1.807) is 18.2 Å². The summed E-state index contributed by atoms with van der Waals surface area (Å²) in [7, 11) is 0. The Balaban J connectivity index is 1.73. The number of aromatic nitrogens is 4. The lowest BCUT2D eigenvalue weighted by Crippen LogP contribution is -2.11. The van der Waals surface area contributed by atoms with E-state index in [1.165, 1.54) is 11.3 Å². The van der Waals surface area contributed by atoms with Crippen LogP contribution in [0.1, 0.15) is 9.67 Å². The van der Waals surface area contributed by atoms with Crippen LogP contribution in [0.15, 0.2) is 42.5 Å². The van der Waals surface area contributed by atoms with Crippen LogP contribution in [-0.2, 0) is 0 Å². The van der Waals surface area contributed by atoms with Gasteiger partial charge in [0.25, 0.3) is 5.91 Å². The molecule has 0 radical (unpaired) electrons. The molecule has 2 heterocycles. The number of benzene rings is 2. The number of nitrogens with one attached hydrogen (secondary N) is 2. The number of carbonyl (C=O) groups excluding carboxylic acids is 1. The summed E-state index contributed by atoms with van der Waals surface area (Å²) in [5, 5.41) is 18.3. The van der Waals surface area contributed by atoms with Gasteiger partial charge < -0.3 is 5.32 Å². The van der Waals surface area contributed by atoms with Gasteiger partial charge in [0.15, 0.2) is 5.82 Å². The van der Waals surface area contributed by atoms with Gasteiger partial charge in [0.2, 0.25) is 0 Å². The molecule has 0 fully saturated rings. The molecule has 0 atom stereocenters. The van der Waals surface area contributed by atoms with Crippen molar-refractivity contribution in [3.8, 4) is 11.4 Å². The maximum Gasteiger partial charge on any atom is 0.267 e. The average Bonchev–Trinajstić information content (AvgIpc) is 3.24. The highest BCUT2D eigenvalue weighted by molar-refractivity contribution is 7.21. The molecule has 124 valence electrons. The predicted octanol–water partition coefficient (Wildman–Crippen LogP) is 4.64. The van der Waals surface area contributed by atoms with Gasteiger partial charge >= 0.3 is 0 Å². The Morgan fingerprint density at radius 1 is 1.16 bits per heavy atom. The number of carbonyl (C=O) groups is 1. The largest absolute Gasteiger partial charge is 0.320 e. The number of rotatable bonds is 3. The molecule has 25 heavy (non-hydrogen) atoms. The molecule has 4 aromatic rings. The highest BCUT2D eigenvalue weighted by Crippen LogP contribution is 2.36. The second-order valence-electron chi connectivity index (χ2n) is 5.14. The summed E-state index contributed by atoms with van der Waals surface area (Å²) < 4.78 is 0.948. The van der Waals surface area contributed by atoms with Gasteiger partial charge in [0, 0.05) is 20.7 Å². The Hall–Kier alpha value is -2.48. The minimum Gasteiger partial charge on any atom is -0.320 e. The third-order valence-corrected chi connectivity index (χ3v) is 5.48. The number of aromatic amines is 1. The number of hydrogen-bond donors (Lipinski definition) is 2. The number of halogens is 2. The maximum atomic E-state index is 12.7. The smallest absolute Gasteiger partial charge is 0.267 e. The lowest BCUT2D eigenvalue weighted by atomic mass is 10.1. The molecule has 0 aliphatic rings. The molecule has 0 spiro atoms. The summed E-state index contributed by atoms with van der Waals surface area (Å²) in [5.74, 6) is 0.108. The highest BCUT2D eigenvalue weighted by atomic mass is 35.5. The van der Waals surface area contributed by atoms with Crippen molar-refractivity contribution in [2.45, 2.75) is 0 Å². The van der Waals surface area contributed by atoms with Crippen molar-refractivity contribution in [1.82, 2.24) is 20.6 Å². The number of H-pyrrole nitrogens is 1. The van der Waals surface area contributed by atoms with Crippen LogP contribution in [-0.4, -0.2) is 26.5 Å². The Bertz CT molecular complexity index is 1080. The topological polar surface area (TPSA) is 83.6 Å². The molecule has 0 saturated carbocycles. The molecule has 2 N–H and O–H groups in total. The molecule has 0 aliphatic heterocycles. The molecular weight excluding hydrogens is 381 g/mol. The van der Waals surface area contributed by atoms with Crippen molar-refractivity contribution < 1.29 is 4.79 Å². The standard InChI is InChI=1S/C16H9Cl2N5OS/c17-8-5-6-9(15-20-22-23-21-15)11(7-8)19-16(24)14-13(18)10-3-1-2-4-12(10)25-14/h1-7H,(H,19,24)(H,20,21,22,23). The van der Waals surface area contributed by atoms with E-state index >= 15 is 0 Å². The minimum absolute atomic E-state index is 0.317. The van der Waals surface area contributed by atoms with Crippen LogP contribution in [0.5, 0.6) is 0 Å². The molecule has 0 bridgehead atoms. The summed E-state index contributed by atoms with van der Waals surface area (Å²) in [6.45, 7) is 0. The van der Waals surface area contributed by atoms with E-state index in [2.05, 4.69) is 25.9 Å². The molecule has 0 aliphatic carbocycles. The molecule has 9 heteroatoms. The van der Waals surface area contributed by atoms with Gasteiger partial charge in [-0.25, -0.2) is 5.10 Å². The molecule has 2 aromatic heterocycles. The summed E-state index contributed by atoms with van der Waals surface area (Å²) in [6.07, 6.45) is 0. The van der Waals surface area contributed by atoms with Crippen molar-refractivity contribution in [3.63, 3.8) is 0 Å². The maximum absolute atomic E-state index is 12.7. The second-order valence-corrected chi connectivity index (χ2v) is 7.00. The van der Waals surface area contributed by atoms with Crippen LogP contribution >= 0.6 is 34.5 Å². The van der Waals surface area contributed by atoms with Crippen LogP contribution < -0.4 is 5.32 Å². The van der Waals surface area contributed by atoms with Crippen LogP contribution in [0, 0.1) is 0 Å². The fourth-order valence-corrected chi connectivity index (χ4v) is 4.02. The number of hydrogen-bond acceptors (Lipinski definition) is 5. The van der Waals surface area contributed by atoms with Gasteiger partial charge in [-0.3, -0.25) is 4.79 Å². The molecule has 0 unspecified atom stereocenters. The van der Waals surface area contributed by atoms with Crippen molar-refractivity contribution in [2.75, 3.05) is 5.32 Å². The SMILES string of the molecule is O=C(Nc1cc(Cl)ccc1-c1nnn[nH]1)c1sc2ccccc2c1Cl. The number of amides is 1. The van der Waals surface area contributed by atoms with Crippen molar-refractivity contribution in [1.29, 1.82) is 0 Å². The zero-order valence-corrected chi connectivity index (χ0v) is 14.8. The van der Waals surface area contributed by atoms with E-state index in [0.29, 0.717) is 32.0 Å². The first kappa shape index (κ1) is 16.0. The number of nitrogens with zero attached hydrogens (tertiary/aromatic N) is 3. The molecule has 1 amide bonds. The highest BCUT2D eigenvalue weighted by Gasteiger charge is 2.19. The monoisotopic (exact) mass is 389 g/mol. The Labute approximate surface area is 155 Å². The van der Waals surface area contributed by atoms with Gasteiger partial charge in [0.05, 0.1) is 10.7 Å². The van der Waals surface area contributed by atoms with Crippen molar-refractivity contribution >= 4 is 56.2 Å². The van der Waals surface area contributed by atoms with Crippen molar-refractivity contribution in [2.24, 2.45) is 0 Å². The number of tetrazole rings is 1. The zero-order valence-electron chi connectivity index (χ0n) is 12.5. The Morgan fingerprint density at radius 3 is 2.76 bits per heavy atom. The fourth-order valence-electron chi connectivity index (χ4n) is 2.44. The summed E-state index contributed by atoms with van der Waals surface area (Å²) in [4.78, 5) is 13.2. The van der Waals surface area contributed by atoms with Gasteiger partial charge in [-0.1, -0.05) is 41.4 Å². The van der Waals surface area contributed by atoms with E-state index in [-0.39, 0.29) is 5.91 Å². The number of anilines is 1. The molecule has 4 rings (SSSR count). The summed E-state index contributed by atoms with van der Waals surface area (Å²) in [5.41, 5.74) is 1.12. The first-order chi connectivity index (χ1) is 12.1. The van der Waals surface area contributed by atoms with E-state index in [4.69, 9.17) is 23.2 Å². The van der Waals surface area contributed by atoms with Crippen LogP contribution in [0.2, 0.25) is 10.0 Å². The van der Waals surface area contributed by atoms with E-state index < -0.39 is 0 Å². The minimum atomic E-state index is -0.317. The third-order valence-electron chi connectivity index (χ3n) is 3.57. The van der Waals surface area contributed by atoms with Crippen LogP contribution in [0.25, 0.3) is 21.5 Å². The zero-order chi connectivity index (χ0) is 17.4. The quantitative estimate of drug-likeness (QED) is 0.534. The lowest BCUT2D eigenvalue weighted by Gasteiger charge is -2.09. The van der Waals surface area contributed by atoms with Gasteiger partial charge in [-0.2, -0.15) is 0 Å². The Kier molecular flexibility index (Phi) is 4.12. The van der Waals surface area contributed by atoms with E-state index in [9.17, 15) is 4.79 Å². The lowest BCUT2D eigenvalue weighted by molar-refractivity contribution is 0.103. The number of fused-ring (bicyclic) bond motifs is 1. The Morgan fingerprint density at radius 2 is 2.00 bits per heavy atom. The van der Waals surface area contributed by atoms with Crippen LogP contribution in [0.4, 0.5) is 5.69 Å². The normalized spacial score (nSPS) is 11.0. The first-order valence-corrected chi connectivity index (χ1v) is 8.73. The van der Waals surface area contributed by atoms with Crippen molar-refractivity contribution in [3.05, 3.63) is 57.4 Å². The van der Waals surface area contributed by atoms with Gasteiger partial charge in [-0.15, -0.1) is 16.4 Å². The third kappa shape index (κ3) is 2.97. The molecular formula is C16H9Cl2N5OS. The molecule has 0 saturated heterocycles. The van der Waals surface area contributed by atoms with Gasteiger partial charge in [-0.05, 0) is 34.7 Å². The van der Waals surface area contributed by atoms with E-state index in [1.807, 2.05) is 24.3 Å². The second kappa shape index (κ2) is 6.44. The number of thiophene rings is 1. The fraction of sp³-hybridized carbons (Fsp3) is 0. The summed E-state index contributed by atoms with van der Waals surface area (Å²) in [6, 6.07) is 12.7. The molecule has 6 nitrogen and oxygen atoms in total. The van der Waals surface area contributed by atoms with Gasteiger partial charge in [0.1, 0.15) is 4.88 Å². The molecule has 2 aromatic carbocycles. The first-order valence-electron chi connectivity index (χ1n) is 7.15. The van der Waals surface area contributed by atoms with E-state index in [0.717, 1.165) is 10.1 Å². The average molecular weight is 390 g/mol. The van der Waals surface area contributed by atoms with Crippen LogP contribution in [0.3, 0.4) is 0 Å². The summed E-state index contributed by atoms with van der Waals surface area (Å²) >= 11 is 13.8.